The maximum Gasteiger partial charge on any atom is 0.339 e. The molecule has 108 valence electrons. The largest absolute Gasteiger partial charge is 0.425 e. The maximum atomic E-state index is 11.9. The smallest absolute Gasteiger partial charge is 0.339 e. The Hall–Kier alpha value is -1.49. The molecule has 0 spiro atoms. The van der Waals surface area contributed by atoms with E-state index >= 15 is 0 Å². The summed E-state index contributed by atoms with van der Waals surface area (Å²) in [5.74, 6) is 0.780. The summed E-state index contributed by atoms with van der Waals surface area (Å²) in [6.45, 7) is 0. The highest BCUT2D eigenvalue weighted by molar-refractivity contribution is 7.52. The molecule has 6 nitrogen and oxygen atoms in total. The molecule has 0 fully saturated rings. The molecule has 0 bridgehead atoms. The summed E-state index contributed by atoms with van der Waals surface area (Å²) in [4.78, 5) is 0. The van der Waals surface area contributed by atoms with Gasteiger partial charge in [0, 0.05) is 20.6 Å². The predicted octanol–water partition coefficient (Wildman–Crippen LogP) is 2.84. The van der Waals surface area contributed by atoms with E-state index in [0.717, 1.165) is 6.42 Å². The molecule has 0 aliphatic heterocycles. The van der Waals surface area contributed by atoms with E-state index in [-0.39, 0.29) is 12.1 Å². The molecule has 0 saturated heterocycles. The van der Waals surface area contributed by atoms with Crippen molar-refractivity contribution in [2.45, 2.75) is 19.0 Å². The van der Waals surface area contributed by atoms with Gasteiger partial charge in [-0.1, -0.05) is 30.3 Å². The monoisotopic (exact) mass is 296 g/mol. The zero-order valence-corrected chi connectivity index (χ0v) is 12.4. The van der Waals surface area contributed by atoms with Crippen LogP contribution in [0.4, 0.5) is 0 Å². The maximum absolute atomic E-state index is 11.9. The SMILES string of the molecule is COP(=O)(Cc1nnc(CCc2ccccc2)o1)OC. The van der Waals surface area contributed by atoms with Crippen LogP contribution < -0.4 is 0 Å². The quantitative estimate of drug-likeness (QED) is 0.731. The molecule has 7 heteroatoms. The highest BCUT2D eigenvalue weighted by Gasteiger charge is 2.25. The zero-order chi connectivity index (χ0) is 14.4. The van der Waals surface area contributed by atoms with Gasteiger partial charge in [0.1, 0.15) is 6.16 Å². The third-order valence-electron chi connectivity index (χ3n) is 2.86. The topological polar surface area (TPSA) is 74.5 Å². The van der Waals surface area contributed by atoms with Gasteiger partial charge in [0.25, 0.3) is 0 Å². The summed E-state index contributed by atoms with van der Waals surface area (Å²) in [5, 5.41) is 7.80. The highest BCUT2D eigenvalue weighted by atomic mass is 31.2. The van der Waals surface area contributed by atoms with Crippen molar-refractivity contribution in [1.29, 1.82) is 0 Å². The Balaban J connectivity index is 1.94. The summed E-state index contributed by atoms with van der Waals surface area (Å²) in [5.41, 5.74) is 1.20. The van der Waals surface area contributed by atoms with Crippen LogP contribution in [0.25, 0.3) is 0 Å². The summed E-state index contributed by atoms with van der Waals surface area (Å²) in [6, 6.07) is 10.0. The lowest BCUT2D eigenvalue weighted by Crippen LogP contribution is -1.93. The Kier molecular flexibility index (Phi) is 5.06. The molecule has 0 amide bonds. The Labute approximate surface area is 117 Å². The molecule has 20 heavy (non-hydrogen) atoms. The van der Waals surface area contributed by atoms with E-state index in [1.54, 1.807) is 0 Å². The lowest BCUT2D eigenvalue weighted by atomic mass is 10.1. The van der Waals surface area contributed by atoms with E-state index in [4.69, 9.17) is 13.5 Å². The molecule has 0 aliphatic carbocycles. The molecule has 0 saturated carbocycles. The zero-order valence-electron chi connectivity index (χ0n) is 11.5. The number of benzene rings is 1. The van der Waals surface area contributed by atoms with Crippen molar-refractivity contribution in [3.63, 3.8) is 0 Å². The summed E-state index contributed by atoms with van der Waals surface area (Å²) in [6.07, 6.45) is 1.44. The third-order valence-corrected chi connectivity index (χ3v) is 4.63. The molecule has 0 N–H and O–H groups in total. The van der Waals surface area contributed by atoms with Gasteiger partial charge < -0.3 is 13.5 Å². The molecular formula is C13H17N2O4P. The van der Waals surface area contributed by atoms with E-state index in [2.05, 4.69) is 10.2 Å². The van der Waals surface area contributed by atoms with Crippen molar-refractivity contribution in [2.75, 3.05) is 14.2 Å². The number of rotatable bonds is 7. The van der Waals surface area contributed by atoms with Gasteiger partial charge in [-0.2, -0.15) is 0 Å². The molecule has 0 unspecified atom stereocenters. The molecule has 1 aromatic heterocycles. The van der Waals surface area contributed by atoms with Crippen LogP contribution in [0.5, 0.6) is 0 Å². The minimum Gasteiger partial charge on any atom is -0.425 e. The summed E-state index contributed by atoms with van der Waals surface area (Å²) < 4.78 is 27.1. The normalized spacial score (nSPS) is 11.7. The van der Waals surface area contributed by atoms with Crippen LogP contribution in [-0.2, 0) is 32.6 Å². The average molecular weight is 296 g/mol. The number of aromatic nitrogens is 2. The van der Waals surface area contributed by atoms with Gasteiger partial charge in [-0.3, -0.25) is 4.57 Å². The number of hydrogen-bond donors (Lipinski definition) is 0. The Bertz CT molecular complexity index is 577. The van der Waals surface area contributed by atoms with Crippen LogP contribution >= 0.6 is 7.60 Å². The van der Waals surface area contributed by atoms with Crippen molar-refractivity contribution in [2.24, 2.45) is 0 Å². The third kappa shape index (κ3) is 4.00. The van der Waals surface area contributed by atoms with Crippen LogP contribution in [0.3, 0.4) is 0 Å². The second-order valence-corrected chi connectivity index (χ2v) is 6.48. The first-order chi connectivity index (χ1) is 9.65. The predicted molar refractivity (Wildman–Crippen MR) is 73.5 cm³/mol. The highest BCUT2D eigenvalue weighted by Crippen LogP contribution is 2.49. The fourth-order valence-corrected chi connectivity index (χ4v) is 2.58. The molecular weight excluding hydrogens is 279 g/mol. The second kappa shape index (κ2) is 6.79. The fraction of sp³-hybridized carbons (Fsp3) is 0.385. The van der Waals surface area contributed by atoms with E-state index in [9.17, 15) is 4.57 Å². The first-order valence-corrected chi connectivity index (χ1v) is 7.94. The second-order valence-electron chi connectivity index (χ2n) is 4.21. The molecule has 0 aliphatic rings. The molecule has 1 aromatic carbocycles. The van der Waals surface area contributed by atoms with Crippen LogP contribution in [0.15, 0.2) is 34.7 Å². The number of nitrogens with zero attached hydrogens (tertiary/aromatic N) is 2. The number of hydrogen-bond acceptors (Lipinski definition) is 6. The molecule has 0 atom stereocenters. The van der Waals surface area contributed by atoms with Gasteiger partial charge in [-0.05, 0) is 12.0 Å². The van der Waals surface area contributed by atoms with Crippen molar-refractivity contribution >= 4 is 7.60 Å². The standard InChI is InChI=1S/C13H17N2O4P/c1-17-20(16,18-2)10-13-15-14-12(19-13)9-8-11-6-4-3-5-7-11/h3-7H,8-10H2,1-2H3. The Morgan fingerprint density at radius 3 is 2.35 bits per heavy atom. The van der Waals surface area contributed by atoms with Gasteiger partial charge in [-0.15, -0.1) is 10.2 Å². The summed E-state index contributed by atoms with van der Waals surface area (Å²) in [7, 11) is -0.502. The average Bonchev–Trinajstić information content (AvgIpc) is 2.93. The molecule has 2 rings (SSSR count). The summed E-state index contributed by atoms with van der Waals surface area (Å²) >= 11 is 0. The van der Waals surface area contributed by atoms with Crippen LogP contribution in [0.1, 0.15) is 17.3 Å². The van der Waals surface area contributed by atoms with Crippen LogP contribution in [0.2, 0.25) is 0 Å². The lowest BCUT2D eigenvalue weighted by molar-refractivity contribution is 0.271. The minimum atomic E-state index is -3.16. The van der Waals surface area contributed by atoms with Gasteiger partial charge in [0.15, 0.2) is 0 Å². The molecule has 1 heterocycles. The van der Waals surface area contributed by atoms with Crippen molar-refractivity contribution < 1.29 is 18.0 Å². The van der Waals surface area contributed by atoms with Crippen molar-refractivity contribution in [1.82, 2.24) is 10.2 Å². The fourth-order valence-electron chi connectivity index (χ4n) is 1.72. The Morgan fingerprint density at radius 2 is 1.70 bits per heavy atom. The first-order valence-electron chi connectivity index (χ1n) is 6.21. The van der Waals surface area contributed by atoms with E-state index < -0.39 is 7.60 Å². The first kappa shape index (κ1) is 14.9. The van der Waals surface area contributed by atoms with Crippen LogP contribution in [-0.4, -0.2) is 24.4 Å². The molecule has 2 aromatic rings. The van der Waals surface area contributed by atoms with Gasteiger partial charge in [-0.25, -0.2) is 0 Å². The Morgan fingerprint density at radius 1 is 1.05 bits per heavy atom. The van der Waals surface area contributed by atoms with Crippen molar-refractivity contribution in [3.8, 4) is 0 Å². The van der Waals surface area contributed by atoms with Gasteiger partial charge in [0.05, 0.1) is 0 Å². The van der Waals surface area contributed by atoms with E-state index in [1.807, 2.05) is 30.3 Å². The van der Waals surface area contributed by atoms with Gasteiger partial charge >= 0.3 is 7.60 Å². The van der Waals surface area contributed by atoms with Crippen molar-refractivity contribution in [3.05, 3.63) is 47.7 Å². The van der Waals surface area contributed by atoms with Crippen LogP contribution in [0, 0.1) is 0 Å². The number of aryl methyl sites for hydroxylation is 2. The lowest BCUT2D eigenvalue weighted by Gasteiger charge is -2.10. The van der Waals surface area contributed by atoms with Gasteiger partial charge in [0.2, 0.25) is 11.8 Å². The van der Waals surface area contributed by atoms with E-state index in [0.29, 0.717) is 12.3 Å². The molecule has 0 radical (unpaired) electrons. The minimum absolute atomic E-state index is 0.0155. The van der Waals surface area contributed by atoms with E-state index in [1.165, 1.54) is 19.8 Å².